The summed E-state index contributed by atoms with van der Waals surface area (Å²) in [5, 5.41) is 7.31. The first-order valence-corrected chi connectivity index (χ1v) is 9.44. The van der Waals surface area contributed by atoms with Crippen LogP contribution in [0.3, 0.4) is 0 Å². The molecule has 1 aromatic heterocycles. The number of nitrogens with two attached hydrogens (primary N) is 1. The third kappa shape index (κ3) is 3.52. The second-order valence-electron chi connectivity index (χ2n) is 6.94. The number of hydrogen-bond donors (Lipinski definition) is 2. The lowest BCUT2D eigenvalue weighted by molar-refractivity contribution is -0.118. The van der Waals surface area contributed by atoms with E-state index in [9.17, 15) is 19.2 Å². The van der Waals surface area contributed by atoms with Crippen molar-refractivity contribution in [3.8, 4) is 0 Å². The van der Waals surface area contributed by atoms with Crippen molar-refractivity contribution in [3.63, 3.8) is 0 Å². The third-order valence-corrected chi connectivity index (χ3v) is 4.94. The molecule has 1 fully saturated rings. The van der Waals surface area contributed by atoms with E-state index < -0.39 is 23.9 Å². The Balaban J connectivity index is 1.64. The first-order valence-electron chi connectivity index (χ1n) is 9.44. The maximum absolute atomic E-state index is 12.7. The number of nitrogens with one attached hydrogen (secondary N) is 1. The van der Waals surface area contributed by atoms with Gasteiger partial charge in [0.15, 0.2) is 5.69 Å². The minimum atomic E-state index is -0.793. The summed E-state index contributed by atoms with van der Waals surface area (Å²) in [6.07, 6.45) is 1.22. The predicted octanol–water partition coefficient (Wildman–Crippen LogP) is 1.26. The number of primary amides is 1. The molecule has 0 spiro atoms. The largest absolute Gasteiger partial charge is 0.364 e. The van der Waals surface area contributed by atoms with Crippen LogP contribution in [0.4, 0.5) is 11.4 Å². The molecule has 1 aliphatic rings. The fraction of sp³-hybridized carbons (Fsp3) is 0.190. The van der Waals surface area contributed by atoms with Crippen molar-refractivity contribution in [2.75, 3.05) is 16.8 Å². The van der Waals surface area contributed by atoms with Gasteiger partial charge in [0.25, 0.3) is 11.5 Å². The molecule has 0 bridgehead atoms. The topological polar surface area (TPSA) is 127 Å². The van der Waals surface area contributed by atoms with Crippen LogP contribution in [0.2, 0.25) is 0 Å². The highest BCUT2D eigenvalue weighted by Gasteiger charge is 2.24. The van der Waals surface area contributed by atoms with Crippen LogP contribution in [0.15, 0.2) is 53.3 Å². The SMILES string of the molecule is NC(=O)c1nn(CC(=O)Nc2ccccc2N2CCCC2=O)c(=O)c2ccccc12. The molecule has 152 valence electrons. The molecule has 1 saturated heterocycles. The first-order chi connectivity index (χ1) is 14.5. The number of para-hydroxylation sites is 2. The fourth-order valence-electron chi connectivity index (χ4n) is 3.57. The van der Waals surface area contributed by atoms with Gasteiger partial charge in [-0.15, -0.1) is 0 Å². The van der Waals surface area contributed by atoms with Gasteiger partial charge in [0.05, 0.1) is 16.8 Å². The highest BCUT2D eigenvalue weighted by atomic mass is 16.2. The minimum Gasteiger partial charge on any atom is -0.364 e. The number of anilines is 2. The minimum absolute atomic E-state index is 0.00443. The molecule has 3 aromatic rings. The summed E-state index contributed by atoms with van der Waals surface area (Å²) < 4.78 is 0.918. The molecule has 2 heterocycles. The van der Waals surface area contributed by atoms with Crippen molar-refractivity contribution >= 4 is 39.9 Å². The summed E-state index contributed by atoms with van der Waals surface area (Å²) in [6.45, 7) is 0.172. The predicted molar refractivity (Wildman–Crippen MR) is 111 cm³/mol. The van der Waals surface area contributed by atoms with Crippen LogP contribution in [0.25, 0.3) is 10.8 Å². The van der Waals surface area contributed by atoms with E-state index in [2.05, 4.69) is 10.4 Å². The van der Waals surface area contributed by atoms with Crippen LogP contribution in [0, 0.1) is 0 Å². The molecule has 1 aliphatic heterocycles. The van der Waals surface area contributed by atoms with Gasteiger partial charge in [-0.1, -0.05) is 30.3 Å². The van der Waals surface area contributed by atoms with E-state index in [0.717, 1.165) is 11.1 Å². The molecule has 4 rings (SSSR count). The molecule has 0 saturated carbocycles. The van der Waals surface area contributed by atoms with Gasteiger partial charge in [0, 0.05) is 18.4 Å². The van der Waals surface area contributed by atoms with Gasteiger partial charge in [-0.05, 0) is 24.6 Å². The lowest BCUT2D eigenvalue weighted by atomic mass is 10.1. The quantitative estimate of drug-likeness (QED) is 0.661. The Morgan fingerprint density at radius 3 is 2.43 bits per heavy atom. The van der Waals surface area contributed by atoms with E-state index >= 15 is 0 Å². The number of amides is 3. The molecule has 3 amide bonds. The molecule has 3 N–H and O–H groups in total. The maximum Gasteiger partial charge on any atom is 0.275 e. The van der Waals surface area contributed by atoms with Crippen LogP contribution < -0.4 is 21.5 Å². The summed E-state index contributed by atoms with van der Waals surface area (Å²) in [4.78, 5) is 50.9. The number of benzene rings is 2. The monoisotopic (exact) mass is 405 g/mol. The van der Waals surface area contributed by atoms with Gasteiger partial charge in [-0.2, -0.15) is 5.10 Å². The van der Waals surface area contributed by atoms with Crippen molar-refractivity contribution in [3.05, 3.63) is 64.6 Å². The second-order valence-corrected chi connectivity index (χ2v) is 6.94. The van der Waals surface area contributed by atoms with Gasteiger partial charge < -0.3 is 16.0 Å². The van der Waals surface area contributed by atoms with E-state index in [1.165, 1.54) is 0 Å². The number of nitrogens with zero attached hydrogens (tertiary/aromatic N) is 3. The number of fused-ring (bicyclic) bond motifs is 1. The number of hydrogen-bond acceptors (Lipinski definition) is 5. The van der Waals surface area contributed by atoms with Gasteiger partial charge in [-0.3, -0.25) is 19.2 Å². The average molecular weight is 405 g/mol. The third-order valence-electron chi connectivity index (χ3n) is 4.94. The normalized spacial score (nSPS) is 13.6. The van der Waals surface area contributed by atoms with E-state index in [0.29, 0.717) is 29.7 Å². The highest BCUT2D eigenvalue weighted by Crippen LogP contribution is 2.29. The molecule has 0 unspecified atom stereocenters. The lowest BCUT2D eigenvalue weighted by Crippen LogP contribution is -2.33. The first kappa shape index (κ1) is 19.3. The highest BCUT2D eigenvalue weighted by molar-refractivity contribution is 6.04. The van der Waals surface area contributed by atoms with Crippen molar-refractivity contribution in [2.24, 2.45) is 5.73 Å². The summed E-state index contributed by atoms with van der Waals surface area (Å²) in [5.41, 5.74) is 5.87. The summed E-state index contributed by atoms with van der Waals surface area (Å²) >= 11 is 0. The summed E-state index contributed by atoms with van der Waals surface area (Å²) in [6, 6.07) is 13.4. The zero-order valence-electron chi connectivity index (χ0n) is 16.0. The average Bonchev–Trinajstić information content (AvgIpc) is 3.16. The maximum atomic E-state index is 12.7. The Labute approximate surface area is 171 Å². The molecule has 0 aliphatic carbocycles. The van der Waals surface area contributed by atoms with Crippen molar-refractivity contribution < 1.29 is 14.4 Å². The molecular formula is C21H19N5O4. The second kappa shape index (κ2) is 7.78. The van der Waals surface area contributed by atoms with Crippen LogP contribution in [-0.2, 0) is 16.1 Å². The van der Waals surface area contributed by atoms with Gasteiger partial charge >= 0.3 is 0 Å². The lowest BCUT2D eigenvalue weighted by Gasteiger charge is -2.20. The van der Waals surface area contributed by atoms with Crippen molar-refractivity contribution in [2.45, 2.75) is 19.4 Å². The molecule has 30 heavy (non-hydrogen) atoms. The summed E-state index contributed by atoms with van der Waals surface area (Å²) in [5.74, 6) is -1.32. The Morgan fingerprint density at radius 2 is 1.73 bits per heavy atom. The van der Waals surface area contributed by atoms with Gasteiger partial charge in [-0.25, -0.2) is 4.68 Å². The number of rotatable bonds is 5. The van der Waals surface area contributed by atoms with E-state index in [-0.39, 0.29) is 17.0 Å². The van der Waals surface area contributed by atoms with E-state index in [1.807, 2.05) is 0 Å². The molecule has 0 radical (unpaired) electrons. The van der Waals surface area contributed by atoms with Crippen LogP contribution in [0.5, 0.6) is 0 Å². The number of carbonyl (C=O) groups is 3. The van der Waals surface area contributed by atoms with Crippen LogP contribution in [-0.4, -0.2) is 34.0 Å². The zero-order valence-corrected chi connectivity index (χ0v) is 16.0. The summed E-state index contributed by atoms with van der Waals surface area (Å²) in [7, 11) is 0. The molecule has 2 aromatic carbocycles. The van der Waals surface area contributed by atoms with Gasteiger partial charge in [0.2, 0.25) is 11.8 Å². The van der Waals surface area contributed by atoms with Crippen molar-refractivity contribution in [1.82, 2.24) is 9.78 Å². The number of aromatic nitrogens is 2. The van der Waals surface area contributed by atoms with Crippen LogP contribution >= 0.6 is 0 Å². The fourth-order valence-corrected chi connectivity index (χ4v) is 3.57. The number of carbonyl (C=O) groups excluding carboxylic acids is 3. The zero-order chi connectivity index (χ0) is 21.3. The van der Waals surface area contributed by atoms with Crippen molar-refractivity contribution in [1.29, 1.82) is 0 Å². The smallest absolute Gasteiger partial charge is 0.275 e. The van der Waals surface area contributed by atoms with E-state index in [4.69, 9.17) is 5.73 Å². The molecular weight excluding hydrogens is 386 g/mol. The van der Waals surface area contributed by atoms with Crippen LogP contribution in [0.1, 0.15) is 23.3 Å². The Morgan fingerprint density at radius 1 is 1.03 bits per heavy atom. The van der Waals surface area contributed by atoms with Gasteiger partial charge in [0.1, 0.15) is 6.54 Å². The van der Waals surface area contributed by atoms with E-state index in [1.54, 1.807) is 53.4 Å². The Bertz CT molecular complexity index is 1230. The standard InChI is InChI=1S/C21H19N5O4/c22-20(29)19-13-6-1-2-7-14(13)21(30)26(24-19)12-17(27)23-15-8-3-4-9-16(15)25-11-5-10-18(25)28/h1-4,6-9H,5,10-12H2,(H2,22,29)(H,23,27). The Kier molecular flexibility index (Phi) is 5.01. The Hall–Kier alpha value is -4.01. The molecule has 0 atom stereocenters. The molecule has 9 nitrogen and oxygen atoms in total. The molecule has 9 heteroatoms.